The van der Waals surface area contributed by atoms with Gasteiger partial charge >= 0.3 is 0 Å². The molecule has 0 amide bonds. The average molecular weight is 269 g/mol. The van der Waals surface area contributed by atoms with Crippen LogP contribution < -0.4 is 0 Å². The second-order valence-electron chi connectivity index (χ2n) is 5.18. The molecule has 20 heavy (non-hydrogen) atoms. The molecule has 1 aromatic heterocycles. The number of allylic oxidation sites excluding steroid dienone is 1. The second kappa shape index (κ2) is 9.03. The lowest BCUT2D eigenvalue weighted by Crippen LogP contribution is -2.08. The van der Waals surface area contributed by atoms with E-state index in [1.165, 1.54) is 5.57 Å². The second-order valence-corrected chi connectivity index (χ2v) is 5.18. The summed E-state index contributed by atoms with van der Waals surface area (Å²) in [6.07, 6.45) is 9.83. The molecule has 106 valence electrons. The van der Waals surface area contributed by atoms with Crippen LogP contribution in [0.2, 0.25) is 0 Å². The van der Waals surface area contributed by atoms with E-state index in [2.05, 4.69) is 36.8 Å². The van der Waals surface area contributed by atoms with Gasteiger partial charge in [0.2, 0.25) is 0 Å². The van der Waals surface area contributed by atoms with Gasteiger partial charge in [-0.15, -0.1) is 0 Å². The first-order valence-electron chi connectivity index (χ1n) is 7.17. The first-order chi connectivity index (χ1) is 9.69. The molecule has 3 nitrogen and oxygen atoms in total. The minimum absolute atomic E-state index is 0.389. The average Bonchev–Trinajstić information content (AvgIpc) is 2.47. The standard InChI is InChI=1S/C17H23N3/c1-4-15(17-6-5-10-19-13-17)12-20-11-8-16(7-9-18)14(2)3/h5-6,10-14,16H,4,7-8H2,1-3H3/b15-12+,20-11?. The highest BCUT2D eigenvalue weighted by atomic mass is 14.7. The van der Waals surface area contributed by atoms with Crippen molar-refractivity contribution in [2.45, 2.75) is 40.0 Å². The van der Waals surface area contributed by atoms with E-state index in [1.807, 2.05) is 30.7 Å². The van der Waals surface area contributed by atoms with Crippen LogP contribution in [-0.4, -0.2) is 11.2 Å². The largest absolute Gasteiger partial charge is 0.269 e. The van der Waals surface area contributed by atoms with Gasteiger partial charge in [0.1, 0.15) is 0 Å². The Morgan fingerprint density at radius 3 is 2.85 bits per heavy atom. The van der Waals surface area contributed by atoms with Gasteiger partial charge in [-0.3, -0.25) is 9.98 Å². The van der Waals surface area contributed by atoms with Crippen LogP contribution in [0.5, 0.6) is 0 Å². The Hall–Kier alpha value is -1.95. The number of aliphatic imine (C=N–C) groups is 1. The molecular formula is C17H23N3. The molecule has 0 fully saturated rings. The maximum Gasteiger partial charge on any atom is 0.0624 e. The Labute approximate surface area is 122 Å². The predicted octanol–water partition coefficient (Wildman–Crippen LogP) is 4.48. The highest BCUT2D eigenvalue weighted by Crippen LogP contribution is 2.18. The van der Waals surface area contributed by atoms with Gasteiger partial charge in [0.05, 0.1) is 6.07 Å². The van der Waals surface area contributed by atoms with E-state index in [9.17, 15) is 0 Å². The van der Waals surface area contributed by atoms with Gasteiger partial charge in [-0.2, -0.15) is 5.26 Å². The van der Waals surface area contributed by atoms with Gasteiger partial charge in [0.25, 0.3) is 0 Å². The monoisotopic (exact) mass is 269 g/mol. The molecule has 1 atom stereocenters. The number of nitriles is 1. The molecule has 0 aliphatic carbocycles. The van der Waals surface area contributed by atoms with E-state index in [0.717, 1.165) is 18.4 Å². The van der Waals surface area contributed by atoms with E-state index in [1.54, 1.807) is 6.20 Å². The maximum absolute atomic E-state index is 8.80. The molecule has 1 aromatic rings. The fourth-order valence-electron chi connectivity index (χ4n) is 1.97. The maximum atomic E-state index is 8.80. The molecule has 0 saturated carbocycles. The van der Waals surface area contributed by atoms with Crippen molar-refractivity contribution in [2.75, 3.05) is 0 Å². The summed E-state index contributed by atoms with van der Waals surface area (Å²) in [5.41, 5.74) is 2.29. The summed E-state index contributed by atoms with van der Waals surface area (Å²) in [5.74, 6) is 0.898. The first kappa shape index (κ1) is 16.1. The summed E-state index contributed by atoms with van der Waals surface area (Å²) in [6.45, 7) is 6.42. The summed E-state index contributed by atoms with van der Waals surface area (Å²) < 4.78 is 0. The smallest absolute Gasteiger partial charge is 0.0624 e. The van der Waals surface area contributed by atoms with Crippen LogP contribution in [-0.2, 0) is 0 Å². The van der Waals surface area contributed by atoms with E-state index < -0.39 is 0 Å². The zero-order chi connectivity index (χ0) is 14.8. The molecule has 0 aliphatic rings. The third-order valence-electron chi connectivity index (χ3n) is 3.45. The molecular weight excluding hydrogens is 246 g/mol. The lowest BCUT2D eigenvalue weighted by Gasteiger charge is -2.14. The van der Waals surface area contributed by atoms with Crippen LogP contribution in [0.25, 0.3) is 5.57 Å². The van der Waals surface area contributed by atoms with Crippen molar-refractivity contribution in [2.24, 2.45) is 16.8 Å². The van der Waals surface area contributed by atoms with Gasteiger partial charge in [0, 0.05) is 31.2 Å². The first-order valence-corrected chi connectivity index (χ1v) is 7.17. The number of aromatic nitrogens is 1. The molecule has 0 bridgehead atoms. The summed E-state index contributed by atoms with van der Waals surface area (Å²) in [4.78, 5) is 8.53. The van der Waals surface area contributed by atoms with Crippen LogP contribution in [0.1, 0.15) is 45.6 Å². The lowest BCUT2D eigenvalue weighted by atomic mass is 9.90. The molecule has 0 aliphatic heterocycles. The minimum Gasteiger partial charge on any atom is -0.269 e. The summed E-state index contributed by atoms with van der Waals surface area (Å²) in [6, 6.07) is 6.23. The molecule has 0 aromatic carbocycles. The Bertz CT molecular complexity index is 481. The van der Waals surface area contributed by atoms with Crippen molar-refractivity contribution >= 4 is 11.8 Å². The molecule has 0 N–H and O–H groups in total. The lowest BCUT2D eigenvalue weighted by molar-refractivity contribution is 0.407. The van der Waals surface area contributed by atoms with E-state index in [4.69, 9.17) is 5.26 Å². The molecule has 3 heteroatoms. The zero-order valence-electron chi connectivity index (χ0n) is 12.6. The number of pyridine rings is 1. The number of hydrogen-bond acceptors (Lipinski definition) is 3. The van der Waals surface area contributed by atoms with Crippen molar-refractivity contribution < 1.29 is 0 Å². The van der Waals surface area contributed by atoms with Crippen LogP contribution in [0, 0.1) is 23.2 Å². The molecule has 0 radical (unpaired) electrons. The van der Waals surface area contributed by atoms with Gasteiger partial charge in [-0.1, -0.05) is 26.8 Å². The normalized spacial score (nSPS) is 13.7. The van der Waals surface area contributed by atoms with Crippen LogP contribution in [0.3, 0.4) is 0 Å². The van der Waals surface area contributed by atoms with Crippen molar-refractivity contribution in [3.05, 3.63) is 36.3 Å². The van der Waals surface area contributed by atoms with Crippen LogP contribution >= 0.6 is 0 Å². The van der Waals surface area contributed by atoms with E-state index in [0.29, 0.717) is 18.3 Å². The zero-order valence-corrected chi connectivity index (χ0v) is 12.6. The van der Waals surface area contributed by atoms with Crippen molar-refractivity contribution in [3.63, 3.8) is 0 Å². The summed E-state index contributed by atoms with van der Waals surface area (Å²) >= 11 is 0. The highest BCUT2D eigenvalue weighted by molar-refractivity contribution is 5.67. The highest BCUT2D eigenvalue weighted by Gasteiger charge is 2.10. The fraction of sp³-hybridized carbons (Fsp3) is 0.471. The number of nitrogens with zero attached hydrogens (tertiary/aromatic N) is 3. The third kappa shape index (κ3) is 5.36. The Balaban J connectivity index is 2.65. The third-order valence-corrected chi connectivity index (χ3v) is 3.45. The Kier molecular flexibility index (Phi) is 7.27. The van der Waals surface area contributed by atoms with Crippen LogP contribution in [0.15, 0.2) is 35.7 Å². The van der Waals surface area contributed by atoms with E-state index >= 15 is 0 Å². The fourth-order valence-corrected chi connectivity index (χ4v) is 1.97. The SMILES string of the molecule is CC/C(=C\N=CCC(CC#N)C(C)C)c1cccnc1. The van der Waals surface area contributed by atoms with Gasteiger partial charge < -0.3 is 0 Å². The molecule has 1 heterocycles. The van der Waals surface area contributed by atoms with Gasteiger partial charge in [-0.05, 0) is 41.9 Å². The van der Waals surface area contributed by atoms with Crippen molar-refractivity contribution in [1.82, 2.24) is 4.98 Å². The predicted molar refractivity (Wildman–Crippen MR) is 84.2 cm³/mol. The van der Waals surface area contributed by atoms with Crippen molar-refractivity contribution in [3.8, 4) is 6.07 Å². The molecule has 0 saturated heterocycles. The quantitative estimate of drug-likeness (QED) is 0.685. The summed E-state index contributed by atoms with van der Waals surface area (Å²) in [5, 5.41) is 8.80. The number of hydrogen-bond donors (Lipinski definition) is 0. The Morgan fingerprint density at radius 1 is 1.50 bits per heavy atom. The topological polar surface area (TPSA) is 49.0 Å². The van der Waals surface area contributed by atoms with Gasteiger partial charge in [0.15, 0.2) is 0 Å². The van der Waals surface area contributed by atoms with Gasteiger partial charge in [-0.25, -0.2) is 0 Å². The molecule has 1 rings (SSSR count). The molecule has 0 spiro atoms. The van der Waals surface area contributed by atoms with Crippen molar-refractivity contribution in [1.29, 1.82) is 5.26 Å². The Morgan fingerprint density at radius 2 is 2.30 bits per heavy atom. The van der Waals surface area contributed by atoms with Crippen LogP contribution in [0.4, 0.5) is 0 Å². The minimum atomic E-state index is 0.389. The van der Waals surface area contributed by atoms with E-state index in [-0.39, 0.29) is 0 Å². The summed E-state index contributed by atoms with van der Waals surface area (Å²) in [7, 11) is 0. The number of rotatable bonds is 7. The molecule has 1 unspecified atom stereocenters.